The maximum Gasteiger partial charge on any atom is 0.451 e. The van der Waals surface area contributed by atoms with Gasteiger partial charge in [0.25, 0.3) is 0 Å². The first-order valence-electron chi connectivity index (χ1n) is 12.1. The number of hydrogen-bond donors (Lipinski definition) is 0. The van der Waals surface area contributed by atoms with Crippen LogP contribution in [0.3, 0.4) is 0 Å². The normalized spacial score (nSPS) is 20.6. The second kappa shape index (κ2) is 9.39. The van der Waals surface area contributed by atoms with Gasteiger partial charge in [0.05, 0.1) is 12.7 Å². The smallest absolute Gasteiger partial charge is 0.444 e. The van der Waals surface area contributed by atoms with Gasteiger partial charge in [-0.2, -0.15) is 18.2 Å². The van der Waals surface area contributed by atoms with Crippen LogP contribution in [-0.4, -0.2) is 65.2 Å². The van der Waals surface area contributed by atoms with E-state index in [0.717, 1.165) is 27.6 Å². The lowest BCUT2D eigenvalue weighted by atomic mass is 10.1. The monoisotopic (exact) mass is 539 g/mol. The van der Waals surface area contributed by atoms with Gasteiger partial charge in [0.1, 0.15) is 16.3 Å². The number of ether oxygens (including phenoxy) is 2. The molecular weight excluding hydrogens is 511 g/mol. The topological polar surface area (TPSA) is 98.5 Å². The zero-order valence-electron chi connectivity index (χ0n) is 20.9. The molecule has 1 fully saturated rings. The molecule has 0 spiro atoms. The molecule has 10 nitrogen and oxygen atoms in total. The van der Waals surface area contributed by atoms with Crippen molar-refractivity contribution < 1.29 is 27.4 Å². The van der Waals surface area contributed by atoms with Crippen LogP contribution in [0.15, 0.2) is 12.3 Å². The van der Waals surface area contributed by atoms with Gasteiger partial charge < -0.3 is 14.0 Å². The van der Waals surface area contributed by atoms with E-state index in [1.54, 1.807) is 38.3 Å². The Balaban J connectivity index is 1.34. The Morgan fingerprint density at radius 1 is 1.22 bits per heavy atom. The lowest BCUT2D eigenvalue weighted by molar-refractivity contribution is -0.160. The van der Waals surface area contributed by atoms with Crippen LogP contribution in [0.1, 0.15) is 57.1 Å². The molecule has 5 rings (SSSR count). The Morgan fingerprint density at radius 3 is 2.70 bits per heavy atom. The molecule has 2 atom stereocenters. The summed E-state index contributed by atoms with van der Waals surface area (Å²) in [5, 5.41) is 8.01. The van der Waals surface area contributed by atoms with E-state index in [0.29, 0.717) is 6.42 Å². The fourth-order valence-corrected chi connectivity index (χ4v) is 5.60. The van der Waals surface area contributed by atoms with Crippen molar-refractivity contribution in [2.45, 2.75) is 84.2 Å². The SMILES string of the molecule is CCCc1cc2cnc(OC3CC(N4CCn5c(nnc5C(F)(F)F)C4)N3C(=O)OC(C)(C)C)nc2s1. The third-order valence-electron chi connectivity index (χ3n) is 6.15. The standard InChI is InChI=1S/C23H28F3N7O3S/c1-5-6-14-9-13-11-27-20(28-18(13)37-14)35-17-10-16(33(17)21(34)36-22(2,3)4)31-7-8-32-15(12-31)29-30-19(32)23(24,25)26/h9,11,16-17H,5-8,10,12H2,1-4H3. The van der Waals surface area contributed by atoms with E-state index in [2.05, 4.69) is 33.2 Å². The summed E-state index contributed by atoms with van der Waals surface area (Å²) >= 11 is 1.58. The third-order valence-corrected chi connectivity index (χ3v) is 7.25. The first-order valence-corrected chi connectivity index (χ1v) is 12.9. The number of fused-ring (bicyclic) bond motifs is 2. The molecule has 0 saturated carbocycles. The number of alkyl halides is 3. The first kappa shape index (κ1) is 25.6. The van der Waals surface area contributed by atoms with Gasteiger partial charge in [-0.15, -0.1) is 21.5 Å². The van der Waals surface area contributed by atoms with Crippen molar-refractivity contribution in [3.05, 3.63) is 28.8 Å². The van der Waals surface area contributed by atoms with Crippen molar-refractivity contribution in [1.29, 1.82) is 0 Å². The number of hydrogen-bond acceptors (Lipinski definition) is 9. The van der Waals surface area contributed by atoms with Crippen molar-refractivity contribution >= 4 is 27.6 Å². The molecule has 37 heavy (non-hydrogen) atoms. The molecule has 0 N–H and O–H groups in total. The zero-order valence-corrected chi connectivity index (χ0v) is 21.8. The van der Waals surface area contributed by atoms with Crippen LogP contribution >= 0.6 is 11.3 Å². The zero-order chi connectivity index (χ0) is 26.5. The molecule has 5 heterocycles. The molecule has 1 saturated heterocycles. The van der Waals surface area contributed by atoms with E-state index in [4.69, 9.17) is 9.47 Å². The lowest BCUT2D eigenvalue weighted by Gasteiger charge is -2.51. The number of amides is 1. The second-order valence-corrected chi connectivity index (χ2v) is 11.2. The number of thiophene rings is 1. The van der Waals surface area contributed by atoms with Gasteiger partial charge >= 0.3 is 18.3 Å². The van der Waals surface area contributed by atoms with E-state index in [-0.39, 0.29) is 31.5 Å². The Labute approximate surface area is 215 Å². The number of carbonyl (C=O) groups is 1. The summed E-state index contributed by atoms with van der Waals surface area (Å²) in [5.74, 6) is -0.814. The molecule has 3 aromatic rings. The molecule has 2 aliphatic rings. The molecule has 3 aromatic heterocycles. The number of aromatic nitrogens is 5. The van der Waals surface area contributed by atoms with Gasteiger partial charge in [-0.05, 0) is 33.3 Å². The fraction of sp³-hybridized carbons (Fsp3) is 0.609. The Bertz CT molecular complexity index is 1300. The van der Waals surface area contributed by atoms with Crippen LogP contribution < -0.4 is 4.74 Å². The molecule has 0 radical (unpaired) electrons. The van der Waals surface area contributed by atoms with Crippen molar-refractivity contribution in [2.75, 3.05) is 6.54 Å². The van der Waals surface area contributed by atoms with E-state index in [9.17, 15) is 18.0 Å². The minimum atomic E-state index is -4.58. The number of likely N-dealkylation sites (tertiary alicyclic amines) is 1. The molecule has 0 aromatic carbocycles. The van der Waals surface area contributed by atoms with Crippen LogP contribution in [0.2, 0.25) is 0 Å². The molecule has 200 valence electrons. The summed E-state index contributed by atoms with van der Waals surface area (Å²) in [6, 6.07) is 2.22. The van der Waals surface area contributed by atoms with Crippen LogP contribution in [0.4, 0.5) is 18.0 Å². The number of halogens is 3. The maximum absolute atomic E-state index is 13.2. The summed E-state index contributed by atoms with van der Waals surface area (Å²) in [7, 11) is 0. The van der Waals surface area contributed by atoms with E-state index in [1.807, 2.05) is 4.90 Å². The van der Waals surface area contributed by atoms with Crippen molar-refractivity contribution in [1.82, 2.24) is 34.5 Å². The number of carbonyl (C=O) groups excluding carboxylic acids is 1. The van der Waals surface area contributed by atoms with Gasteiger partial charge in [0.15, 0.2) is 6.23 Å². The van der Waals surface area contributed by atoms with Crippen molar-refractivity contribution in [3.8, 4) is 6.01 Å². The van der Waals surface area contributed by atoms with Crippen LogP contribution in [0.5, 0.6) is 6.01 Å². The van der Waals surface area contributed by atoms with Crippen LogP contribution in [-0.2, 0) is 30.4 Å². The highest BCUT2D eigenvalue weighted by Gasteiger charge is 2.50. The quantitative estimate of drug-likeness (QED) is 0.469. The highest BCUT2D eigenvalue weighted by Crippen LogP contribution is 2.36. The van der Waals surface area contributed by atoms with Gasteiger partial charge in [-0.25, -0.2) is 9.78 Å². The highest BCUT2D eigenvalue weighted by molar-refractivity contribution is 7.18. The van der Waals surface area contributed by atoms with Gasteiger partial charge in [-0.3, -0.25) is 9.80 Å². The molecule has 1 amide bonds. The summed E-state index contributed by atoms with van der Waals surface area (Å²) in [4.78, 5) is 27.3. The third kappa shape index (κ3) is 5.21. The molecule has 0 bridgehead atoms. The van der Waals surface area contributed by atoms with E-state index in [1.165, 1.54) is 9.78 Å². The highest BCUT2D eigenvalue weighted by atomic mass is 32.1. The first-order chi connectivity index (χ1) is 17.4. The Morgan fingerprint density at radius 2 is 2.00 bits per heavy atom. The maximum atomic E-state index is 13.2. The second-order valence-electron chi connectivity index (χ2n) is 10.1. The lowest BCUT2D eigenvalue weighted by Crippen LogP contribution is -2.68. The molecule has 2 aliphatic heterocycles. The summed E-state index contributed by atoms with van der Waals surface area (Å²) in [5.41, 5.74) is -0.743. The largest absolute Gasteiger partial charge is 0.451 e. The van der Waals surface area contributed by atoms with E-state index >= 15 is 0 Å². The van der Waals surface area contributed by atoms with Crippen molar-refractivity contribution in [3.63, 3.8) is 0 Å². The van der Waals surface area contributed by atoms with Crippen LogP contribution in [0.25, 0.3) is 10.2 Å². The van der Waals surface area contributed by atoms with Gasteiger partial charge in [0, 0.05) is 36.0 Å². The Hall–Kier alpha value is -3.00. The predicted octanol–water partition coefficient (Wildman–Crippen LogP) is 4.44. The molecule has 0 aliphatic carbocycles. The van der Waals surface area contributed by atoms with E-state index < -0.39 is 36.1 Å². The fourth-order valence-electron chi connectivity index (χ4n) is 4.50. The van der Waals surface area contributed by atoms with Crippen LogP contribution in [0, 0.1) is 0 Å². The Kier molecular flexibility index (Phi) is 6.51. The molecule has 14 heteroatoms. The summed E-state index contributed by atoms with van der Waals surface area (Å²) < 4.78 is 52.4. The number of nitrogens with zero attached hydrogens (tertiary/aromatic N) is 7. The number of rotatable bonds is 5. The van der Waals surface area contributed by atoms with Crippen molar-refractivity contribution in [2.24, 2.45) is 0 Å². The predicted molar refractivity (Wildman–Crippen MR) is 128 cm³/mol. The molecule has 2 unspecified atom stereocenters. The average Bonchev–Trinajstić information content (AvgIpc) is 3.37. The molecular formula is C23H28F3N7O3S. The summed E-state index contributed by atoms with van der Waals surface area (Å²) in [6.45, 7) is 7.85. The van der Waals surface area contributed by atoms with Gasteiger partial charge in [0.2, 0.25) is 5.82 Å². The summed E-state index contributed by atoms with van der Waals surface area (Å²) in [6.07, 6.45) is -2.18. The minimum Gasteiger partial charge on any atom is -0.444 e. The average molecular weight is 540 g/mol. The number of aryl methyl sites for hydroxylation is 1. The minimum absolute atomic E-state index is 0.0552. The van der Waals surface area contributed by atoms with Gasteiger partial charge in [-0.1, -0.05) is 13.3 Å².